The van der Waals surface area contributed by atoms with Crippen molar-refractivity contribution in [3.05, 3.63) is 11.6 Å². The Hall–Kier alpha value is -0.300. The van der Waals surface area contributed by atoms with Gasteiger partial charge in [0.2, 0.25) is 0 Å². The van der Waals surface area contributed by atoms with Crippen LogP contribution in [0.3, 0.4) is 0 Å². The van der Waals surface area contributed by atoms with E-state index in [1.54, 1.807) is 5.57 Å². The molecule has 0 spiro atoms. The zero-order chi connectivity index (χ0) is 14.8. The maximum atomic E-state index is 10.1. The largest absolute Gasteiger partial charge is 0.389 e. The molecule has 21 heavy (non-hydrogen) atoms. The summed E-state index contributed by atoms with van der Waals surface area (Å²) in [5, 5.41) is 10.1. The highest BCUT2D eigenvalue weighted by Gasteiger charge is 2.57. The fourth-order valence-electron chi connectivity index (χ4n) is 7.11. The molecule has 3 saturated carbocycles. The first-order valence-electron chi connectivity index (χ1n) is 9.34. The van der Waals surface area contributed by atoms with Gasteiger partial charge in [-0.3, -0.25) is 0 Å². The van der Waals surface area contributed by atoms with E-state index in [-0.39, 0.29) is 6.10 Å². The van der Waals surface area contributed by atoms with E-state index in [0.717, 1.165) is 24.2 Å². The second-order valence-corrected chi connectivity index (χ2v) is 9.18. The van der Waals surface area contributed by atoms with Crippen molar-refractivity contribution in [3.63, 3.8) is 0 Å². The second kappa shape index (κ2) is 4.60. The summed E-state index contributed by atoms with van der Waals surface area (Å²) < 4.78 is 0. The highest BCUT2D eigenvalue weighted by atomic mass is 16.3. The van der Waals surface area contributed by atoms with Gasteiger partial charge in [-0.2, -0.15) is 0 Å². The molecule has 2 unspecified atom stereocenters. The topological polar surface area (TPSA) is 20.2 Å². The predicted molar refractivity (Wildman–Crippen MR) is 86.9 cm³/mol. The van der Waals surface area contributed by atoms with Gasteiger partial charge in [0.25, 0.3) is 0 Å². The minimum absolute atomic E-state index is 0.181. The SMILES string of the molecule is CC1CC(O)C=C2CC[C@H]3[C@@H]4CCC[C@@]4(C)CC[C@@H]3[C@]21C. The molecule has 4 aliphatic carbocycles. The molecule has 0 saturated heterocycles. The molecule has 118 valence electrons. The van der Waals surface area contributed by atoms with Gasteiger partial charge in [-0.1, -0.05) is 38.8 Å². The lowest BCUT2D eigenvalue weighted by molar-refractivity contribution is -0.0619. The predicted octanol–water partition coefficient (Wildman–Crippen LogP) is 4.95. The summed E-state index contributed by atoms with van der Waals surface area (Å²) in [6, 6.07) is 0. The average Bonchev–Trinajstić information content (AvgIpc) is 2.82. The van der Waals surface area contributed by atoms with Crippen LogP contribution in [0.15, 0.2) is 11.6 Å². The quantitative estimate of drug-likeness (QED) is 0.626. The molecule has 0 aromatic rings. The van der Waals surface area contributed by atoms with E-state index in [1.165, 1.54) is 44.9 Å². The Morgan fingerprint density at radius 2 is 1.90 bits per heavy atom. The number of hydrogen-bond acceptors (Lipinski definition) is 1. The zero-order valence-electron chi connectivity index (χ0n) is 14.1. The normalized spacial score (nSPS) is 56.2. The molecule has 1 N–H and O–H groups in total. The Kier molecular flexibility index (Phi) is 3.13. The van der Waals surface area contributed by atoms with E-state index in [2.05, 4.69) is 26.8 Å². The fraction of sp³-hybridized carbons (Fsp3) is 0.900. The number of aliphatic hydroxyl groups excluding tert-OH is 1. The van der Waals surface area contributed by atoms with Gasteiger partial charge in [-0.05, 0) is 79.4 Å². The first-order valence-corrected chi connectivity index (χ1v) is 9.34. The van der Waals surface area contributed by atoms with E-state index in [4.69, 9.17) is 0 Å². The van der Waals surface area contributed by atoms with Crippen molar-refractivity contribution in [1.82, 2.24) is 0 Å². The van der Waals surface area contributed by atoms with Crippen molar-refractivity contribution in [3.8, 4) is 0 Å². The van der Waals surface area contributed by atoms with Gasteiger partial charge in [0.1, 0.15) is 0 Å². The molecule has 0 amide bonds. The third-order valence-electron chi connectivity index (χ3n) is 8.44. The second-order valence-electron chi connectivity index (χ2n) is 9.18. The molecule has 1 heteroatoms. The molecule has 0 aromatic carbocycles. The molecular formula is C20H32O. The smallest absolute Gasteiger partial charge is 0.0726 e. The van der Waals surface area contributed by atoms with Crippen LogP contribution in [0, 0.1) is 34.5 Å². The highest BCUT2D eigenvalue weighted by molar-refractivity contribution is 5.26. The highest BCUT2D eigenvalue weighted by Crippen LogP contribution is 2.66. The summed E-state index contributed by atoms with van der Waals surface area (Å²) >= 11 is 0. The van der Waals surface area contributed by atoms with Gasteiger partial charge in [0.15, 0.2) is 0 Å². The third-order valence-corrected chi connectivity index (χ3v) is 8.44. The molecule has 4 rings (SSSR count). The van der Waals surface area contributed by atoms with Crippen LogP contribution >= 0.6 is 0 Å². The van der Waals surface area contributed by atoms with Crippen LogP contribution < -0.4 is 0 Å². The minimum Gasteiger partial charge on any atom is -0.389 e. The summed E-state index contributed by atoms with van der Waals surface area (Å²) in [5.41, 5.74) is 2.65. The summed E-state index contributed by atoms with van der Waals surface area (Å²) in [7, 11) is 0. The molecule has 0 bridgehead atoms. The van der Waals surface area contributed by atoms with Gasteiger partial charge in [0, 0.05) is 0 Å². The summed E-state index contributed by atoms with van der Waals surface area (Å²) in [4.78, 5) is 0. The Morgan fingerprint density at radius 3 is 2.71 bits per heavy atom. The summed E-state index contributed by atoms with van der Waals surface area (Å²) in [6.45, 7) is 7.54. The van der Waals surface area contributed by atoms with Crippen LogP contribution in [0.1, 0.15) is 72.1 Å². The Morgan fingerprint density at radius 1 is 1.10 bits per heavy atom. The van der Waals surface area contributed by atoms with Gasteiger partial charge in [-0.15, -0.1) is 0 Å². The average molecular weight is 288 g/mol. The zero-order valence-corrected chi connectivity index (χ0v) is 14.1. The first-order chi connectivity index (χ1) is 9.95. The molecule has 0 aromatic heterocycles. The Bertz CT molecular complexity index is 466. The summed E-state index contributed by atoms with van der Waals surface area (Å²) in [5.74, 6) is 3.49. The molecule has 7 atom stereocenters. The summed E-state index contributed by atoms with van der Waals surface area (Å²) in [6.07, 6.45) is 13.0. The molecule has 1 nitrogen and oxygen atoms in total. The molecule has 0 heterocycles. The fourth-order valence-corrected chi connectivity index (χ4v) is 7.11. The van der Waals surface area contributed by atoms with E-state index in [1.807, 2.05) is 0 Å². The van der Waals surface area contributed by atoms with Crippen molar-refractivity contribution in [1.29, 1.82) is 0 Å². The molecule has 4 aliphatic rings. The van der Waals surface area contributed by atoms with Crippen molar-refractivity contribution in [2.75, 3.05) is 0 Å². The van der Waals surface area contributed by atoms with Crippen molar-refractivity contribution >= 4 is 0 Å². The van der Waals surface area contributed by atoms with Crippen LogP contribution in [0.25, 0.3) is 0 Å². The van der Waals surface area contributed by atoms with Crippen LogP contribution in [0.2, 0.25) is 0 Å². The Labute approximate surface area is 130 Å². The van der Waals surface area contributed by atoms with E-state index >= 15 is 0 Å². The molecular weight excluding hydrogens is 256 g/mol. The van der Waals surface area contributed by atoms with Gasteiger partial charge in [-0.25, -0.2) is 0 Å². The standard InChI is InChI=1S/C20H32O/c1-13-11-15(21)12-14-6-7-16-17-5-4-9-19(17,2)10-8-18(16)20(13,14)3/h12-13,15-18,21H,4-11H2,1-3H3/t13?,15?,16-,17-,18-,19-,20-/m0/s1. The monoisotopic (exact) mass is 288 g/mol. The number of allylic oxidation sites excluding steroid dienone is 1. The first kappa shape index (κ1) is 14.3. The number of fused-ring (bicyclic) bond motifs is 5. The van der Waals surface area contributed by atoms with Crippen LogP contribution in [-0.4, -0.2) is 11.2 Å². The number of aliphatic hydroxyl groups is 1. The Balaban J connectivity index is 1.71. The number of hydrogen-bond donors (Lipinski definition) is 1. The van der Waals surface area contributed by atoms with E-state index in [9.17, 15) is 5.11 Å². The minimum atomic E-state index is -0.181. The third kappa shape index (κ3) is 1.85. The maximum Gasteiger partial charge on any atom is 0.0726 e. The van der Waals surface area contributed by atoms with Gasteiger partial charge in [0.05, 0.1) is 6.10 Å². The van der Waals surface area contributed by atoms with E-state index in [0.29, 0.717) is 16.7 Å². The van der Waals surface area contributed by atoms with Crippen LogP contribution in [-0.2, 0) is 0 Å². The lowest BCUT2D eigenvalue weighted by Crippen LogP contribution is -2.52. The van der Waals surface area contributed by atoms with Crippen LogP contribution in [0.4, 0.5) is 0 Å². The lowest BCUT2D eigenvalue weighted by Gasteiger charge is -2.59. The van der Waals surface area contributed by atoms with Gasteiger partial charge >= 0.3 is 0 Å². The van der Waals surface area contributed by atoms with Crippen LogP contribution in [0.5, 0.6) is 0 Å². The molecule has 0 radical (unpaired) electrons. The van der Waals surface area contributed by atoms with E-state index < -0.39 is 0 Å². The van der Waals surface area contributed by atoms with Crippen molar-refractivity contribution in [2.45, 2.75) is 78.2 Å². The number of rotatable bonds is 0. The maximum absolute atomic E-state index is 10.1. The molecule has 3 fully saturated rings. The van der Waals surface area contributed by atoms with Gasteiger partial charge < -0.3 is 5.11 Å². The molecule has 0 aliphatic heterocycles. The lowest BCUT2D eigenvalue weighted by atomic mass is 9.45. The van der Waals surface area contributed by atoms with Crippen molar-refractivity contribution < 1.29 is 5.11 Å². The van der Waals surface area contributed by atoms with Crippen molar-refractivity contribution in [2.24, 2.45) is 34.5 Å².